The van der Waals surface area contributed by atoms with Crippen LogP contribution in [0.3, 0.4) is 0 Å². The third-order valence-electron chi connectivity index (χ3n) is 3.30. The van der Waals surface area contributed by atoms with Crippen LogP contribution in [0.5, 0.6) is 0 Å². The number of hydrogen-bond donors (Lipinski definition) is 0. The molecule has 0 spiro atoms. The molecule has 1 aromatic heterocycles. The van der Waals surface area contributed by atoms with Gasteiger partial charge in [-0.3, -0.25) is 4.98 Å². The van der Waals surface area contributed by atoms with E-state index in [1.165, 1.54) is 8.61 Å². The van der Waals surface area contributed by atoms with E-state index in [1.807, 2.05) is 0 Å². The molecule has 0 N–H and O–H groups in total. The Morgan fingerprint density at radius 1 is 1.26 bits per heavy atom. The highest BCUT2D eigenvalue weighted by atomic mass is 79.9. The first kappa shape index (κ1) is 14.8. The number of rotatable bonds is 3. The van der Waals surface area contributed by atoms with E-state index in [0.717, 1.165) is 18.5 Å². The predicted octanol–water partition coefficient (Wildman–Crippen LogP) is 1.22. The molecule has 1 aromatic rings. The maximum Gasteiger partial charge on any atom is 0.281 e. The van der Waals surface area contributed by atoms with Gasteiger partial charge in [0.05, 0.1) is 11.9 Å². The molecule has 1 saturated heterocycles. The van der Waals surface area contributed by atoms with Gasteiger partial charge in [0.1, 0.15) is 4.60 Å². The lowest BCUT2D eigenvalue weighted by molar-refractivity contribution is 0.300. The lowest BCUT2D eigenvalue weighted by Crippen LogP contribution is -2.44. The SMILES string of the molecule is CN(C)S(=O)(=O)N1CCC(c2cnc(Br)cn2)CC1. The molecular weight excluding hydrogens is 332 g/mol. The standard InChI is InChI=1S/C11H17BrN4O2S/c1-15(2)19(17,18)16-5-3-9(4-6-16)10-7-14-11(12)8-13-10/h7-9H,3-6H2,1-2H3. The predicted molar refractivity (Wildman–Crippen MR) is 75.9 cm³/mol. The van der Waals surface area contributed by atoms with E-state index in [0.29, 0.717) is 17.7 Å². The fraction of sp³-hybridized carbons (Fsp3) is 0.636. The van der Waals surface area contributed by atoms with Crippen LogP contribution in [0.1, 0.15) is 24.5 Å². The summed E-state index contributed by atoms with van der Waals surface area (Å²) in [5, 5.41) is 0. The molecule has 6 nitrogen and oxygen atoms in total. The van der Waals surface area contributed by atoms with Crippen LogP contribution in [0.2, 0.25) is 0 Å². The first-order valence-corrected chi connectivity index (χ1v) is 8.25. The minimum atomic E-state index is -3.29. The van der Waals surface area contributed by atoms with Crippen molar-refractivity contribution in [2.45, 2.75) is 18.8 Å². The van der Waals surface area contributed by atoms with Gasteiger partial charge in [-0.2, -0.15) is 17.0 Å². The number of halogens is 1. The Morgan fingerprint density at radius 3 is 2.37 bits per heavy atom. The molecular formula is C11H17BrN4O2S. The van der Waals surface area contributed by atoms with Gasteiger partial charge in [-0.25, -0.2) is 4.98 Å². The largest absolute Gasteiger partial charge is 0.281 e. The van der Waals surface area contributed by atoms with Crippen molar-refractivity contribution in [2.75, 3.05) is 27.2 Å². The Morgan fingerprint density at radius 2 is 1.89 bits per heavy atom. The first-order chi connectivity index (χ1) is 8.91. The summed E-state index contributed by atoms with van der Waals surface area (Å²) < 4.78 is 27.5. The van der Waals surface area contributed by atoms with Gasteiger partial charge in [0, 0.05) is 39.3 Å². The molecule has 2 heterocycles. The molecule has 0 unspecified atom stereocenters. The van der Waals surface area contributed by atoms with Crippen LogP contribution < -0.4 is 0 Å². The van der Waals surface area contributed by atoms with Gasteiger partial charge < -0.3 is 0 Å². The summed E-state index contributed by atoms with van der Waals surface area (Å²) in [5.74, 6) is 0.286. The number of aromatic nitrogens is 2. The van der Waals surface area contributed by atoms with Crippen molar-refractivity contribution in [1.82, 2.24) is 18.6 Å². The highest BCUT2D eigenvalue weighted by Gasteiger charge is 2.30. The summed E-state index contributed by atoms with van der Waals surface area (Å²) in [5.41, 5.74) is 0.935. The first-order valence-electron chi connectivity index (χ1n) is 6.06. The van der Waals surface area contributed by atoms with Gasteiger partial charge in [-0.1, -0.05) is 0 Å². The van der Waals surface area contributed by atoms with Gasteiger partial charge in [0.2, 0.25) is 0 Å². The van der Waals surface area contributed by atoms with E-state index in [9.17, 15) is 8.42 Å². The highest BCUT2D eigenvalue weighted by molar-refractivity contribution is 9.10. The third kappa shape index (κ3) is 3.31. The van der Waals surface area contributed by atoms with Crippen molar-refractivity contribution in [3.8, 4) is 0 Å². The topological polar surface area (TPSA) is 66.4 Å². The zero-order chi connectivity index (χ0) is 14.0. The molecule has 1 aliphatic rings. The summed E-state index contributed by atoms with van der Waals surface area (Å²) in [7, 11) is -0.175. The lowest BCUT2D eigenvalue weighted by Gasteiger charge is -2.32. The molecule has 0 radical (unpaired) electrons. The Bertz CT molecular complexity index is 524. The summed E-state index contributed by atoms with van der Waals surface area (Å²) in [6, 6.07) is 0. The van der Waals surface area contributed by atoms with Crippen molar-refractivity contribution in [3.05, 3.63) is 22.7 Å². The van der Waals surface area contributed by atoms with E-state index < -0.39 is 10.2 Å². The van der Waals surface area contributed by atoms with Crippen LogP contribution in [-0.4, -0.2) is 54.2 Å². The second kappa shape index (κ2) is 5.82. The molecule has 1 fully saturated rings. The van der Waals surface area contributed by atoms with Gasteiger partial charge in [-0.15, -0.1) is 0 Å². The molecule has 0 bridgehead atoms. The van der Waals surface area contributed by atoms with Crippen molar-refractivity contribution in [1.29, 1.82) is 0 Å². The Balaban J connectivity index is 2.02. The fourth-order valence-corrected chi connectivity index (χ4v) is 3.49. The normalized spacial score (nSPS) is 18.9. The van der Waals surface area contributed by atoms with Gasteiger partial charge in [0.25, 0.3) is 10.2 Å². The van der Waals surface area contributed by atoms with Crippen molar-refractivity contribution < 1.29 is 8.42 Å². The molecule has 106 valence electrons. The Hall–Kier alpha value is -0.570. The summed E-state index contributed by atoms with van der Waals surface area (Å²) in [4.78, 5) is 8.50. The maximum absolute atomic E-state index is 12.0. The summed E-state index contributed by atoms with van der Waals surface area (Å²) >= 11 is 3.25. The van der Waals surface area contributed by atoms with Crippen molar-refractivity contribution >= 4 is 26.1 Å². The quantitative estimate of drug-likeness (QED) is 0.823. The average molecular weight is 349 g/mol. The molecule has 1 aliphatic heterocycles. The van der Waals surface area contributed by atoms with Crippen LogP contribution >= 0.6 is 15.9 Å². The molecule has 0 aliphatic carbocycles. The molecule has 2 rings (SSSR count). The molecule has 0 atom stereocenters. The van der Waals surface area contributed by atoms with Crippen LogP contribution in [-0.2, 0) is 10.2 Å². The molecule has 0 aromatic carbocycles. The van der Waals surface area contributed by atoms with Crippen molar-refractivity contribution in [3.63, 3.8) is 0 Å². The van der Waals surface area contributed by atoms with Crippen molar-refractivity contribution in [2.24, 2.45) is 0 Å². The molecule has 0 saturated carbocycles. The zero-order valence-corrected chi connectivity index (χ0v) is 13.4. The van der Waals surface area contributed by atoms with Crippen LogP contribution in [0.15, 0.2) is 17.0 Å². The molecule has 19 heavy (non-hydrogen) atoms. The number of piperidine rings is 1. The summed E-state index contributed by atoms with van der Waals surface area (Å²) in [6.07, 6.45) is 5.00. The maximum atomic E-state index is 12.0. The van der Waals surface area contributed by atoms with Crippen LogP contribution in [0.25, 0.3) is 0 Å². The van der Waals surface area contributed by atoms with Gasteiger partial charge in [-0.05, 0) is 28.8 Å². The Labute approximate surface area is 122 Å². The zero-order valence-electron chi connectivity index (χ0n) is 11.0. The Kier molecular flexibility index (Phi) is 4.54. The second-order valence-electron chi connectivity index (χ2n) is 4.73. The average Bonchev–Trinajstić information content (AvgIpc) is 2.39. The number of hydrogen-bond acceptors (Lipinski definition) is 4. The van der Waals surface area contributed by atoms with E-state index in [-0.39, 0.29) is 5.92 Å². The minimum absolute atomic E-state index is 0.286. The monoisotopic (exact) mass is 348 g/mol. The minimum Gasteiger partial charge on any atom is -0.257 e. The van der Waals surface area contributed by atoms with E-state index in [1.54, 1.807) is 26.5 Å². The molecule has 0 amide bonds. The summed E-state index contributed by atoms with van der Waals surface area (Å²) in [6.45, 7) is 1.06. The fourth-order valence-electron chi connectivity index (χ4n) is 2.15. The van der Waals surface area contributed by atoms with E-state index >= 15 is 0 Å². The van der Waals surface area contributed by atoms with Crippen LogP contribution in [0, 0.1) is 0 Å². The molecule has 8 heteroatoms. The van der Waals surface area contributed by atoms with E-state index in [2.05, 4.69) is 25.9 Å². The van der Waals surface area contributed by atoms with Crippen LogP contribution in [0.4, 0.5) is 0 Å². The number of nitrogens with zero attached hydrogens (tertiary/aromatic N) is 4. The smallest absolute Gasteiger partial charge is 0.257 e. The highest BCUT2D eigenvalue weighted by Crippen LogP contribution is 2.28. The second-order valence-corrected chi connectivity index (χ2v) is 7.68. The third-order valence-corrected chi connectivity index (χ3v) is 5.65. The van der Waals surface area contributed by atoms with E-state index in [4.69, 9.17) is 0 Å². The van der Waals surface area contributed by atoms with Gasteiger partial charge in [0.15, 0.2) is 0 Å². The van der Waals surface area contributed by atoms with Gasteiger partial charge >= 0.3 is 0 Å². The lowest BCUT2D eigenvalue weighted by atomic mass is 9.95.